The van der Waals surface area contributed by atoms with Crippen LogP contribution in [-0.2, 0) is 10.0 Å². The van der Waals surface area contributed by atoms with Crippen LogP contribution in [0.15, 0.2) is 65.6 Å². The summed E-state index contributed by atoms with van der Waals surface area (Å²) >= 11 is 5.84. The minimum Gasteiger partial charge on any atom is -0.340 e. The van der Waals surface area contributed by atoms with Crippen molar-refractivity contribution in [1.82, 2.24) is 14.6 Å². The topological polar surface area (TPSA) is 88.4 Å². The number of hydrogen-bond donors (Lipinski definition) is 2. The van der Waals surface area contributed by atoms with Gasteiger partial charge in [0.05, 0.1) is 10.6 Å². The molecule has 0 bridgehead atoms. The van der Waals surface area contributed by atoms with Crippen molar-refractivity contribution in [1.29, 1.82) is 0 Å². The molecule has 9 heteroatoms. The lowest BCUT2D eigenvalue weighted by molar-refractivity contribution is 0.601. The minimum absolute atomic E-state index is 0.156. The van der Waals surface area contributed by atoms with Gasteiger partial charge in [0.25, 0.3) is 10.0 Å². The number of benzene rings is 2. The van der Waals surface area contributed by atoms with Crippen molar-refractivity contribution in [2.24, 2.45) is 0 Å². The fraction of sp³-hybridized carbons (Fsp3) is 0.100. The van der Waals surface area contributed by atoms with Crippen molar-refractivity contribution in [3.05, 3.63) is 77.1 Å². The number of nitrogens with zero attached hydrogens (tertiary/aromatic N) is 3. The molecule has 2 aromatic carbocycles. The fourth-order valence-corrected chi connectivity index (χ4v) is 4.09. The second-order valence-corrected chi connectivity index (χ2v) is 8.72. The SMILES string of the molecule is Cc1cc(Nc2ccc(S(=O)(=O)Nc3ccc(Cl)cc3)cc2)n2nc(C)cc2n1. The van der Waals surface area contributed by atoms with Gasteiger partial charge in [-0.2, -0.15) is 9.61 Å². The maximum absolute atomic E-state index is 12.6. The van der Waals surface area contributed by atoms with Gasteiger partial charge in [-0.05, 0) is 62.4 Å². The second kappa shape index (κ2) is 7.38. The minimum atomic E-state index is -3.70. The Hall–Kier alpha value is -3.10. The van der Waals surface area contributed by atoms with Crippen LogP contribution in [0.3, 0.4) is 0 Å². The number of nitrogens with one attached hydrogen (secondary N) is 2. The Bertz CT molecular complexity index is 1280. The van der Waals surface area contributed by atoms with E-state index in [9.17, 15) is 8.42 Å². The molecule has 4 rings (SSSR count). The van der Waals surface area contributed by atoms with Crippen LogP contribution < -0.4 is 10.0 Å². The number of rotatable bonds is 5. The lowest BCUT2D eigenvalue weighted by Gasteiger charge is -2.11. The normalized spacial score (nSPS) is 11.6. The van der Waals surface area contributed by atoms with Crippen molar-refractivity contribution in [2.75, 3.05) is 10.0 Å². The van der Waals surface area contributed by atoms with Crippen molar-refractivity contribution in [2.45, 2.75) is 18.7 Å². The highest BCUT2D eigenvalue weighted by molar-refractivity contribution is 7.92. The van der Waals surface area contributed by atoms with Gasteiger partial charge in [0.1, 0.15) is 5.82 Å². The molecule has 0 saturated heterocycles. The van der Waals surface area contributed by atoms with Gasteiger partial charge in [0.2, 0.25) is 0 Å². The number of halogens is 1. The van der Waals surface area contributed by atoms with Gasteiger partial charge in [0, 0.05) is 34.2 Å². The zero-order valence-corrected chi connectivity index (χ0v) is 17.3. The number of aryl methyl sites for hydroxylation is 2. The zero-order chi connectivity index (χ0) is 20.6. The number of hydrogen-bond acceptors (Lipinski definition) is 5. The molecule has 2 N–H and O–H groups in total. The molecule has 0 aliphatic heterocycles. The first kappa shape index (κ1) is 19.2. The molecule has 0 aliphatic rings. The van der Waals surface area contributed by atoms with E-state index in [1.165, 1.54) is 0 Å². The molecular formula is C20H18ClN5O2S. The summed E-state index contributed by atoms with van der Waals surface area (Å²) < 4.78 is 29.4. The third-order valence-electron chi connectivity index (χ3n) is 4.21. The van der Waals surface area contributed by atoms with Gasteiger partial charge in [0.15, 0.2) is 5.65 Å². The highest BCUT2D eigenvalue weighted by Crippen LogP contribution is 2.23. The Kier molecular flexibility index (Phi) is 4.89. The summed E-state index contributed by atoms with van der Waals surface area (Å²) in [5.74, 6) is 0.746. The molecule has 0 unspecified atom stereocenters. The van der Waals surface area contributed by atoms with Gasteiger partial charge in [-0.3, -0.25) is 4.72 Å². The molecule has 2 heterocycles. The number of anilines is 3. The summed E-state index contributed by atoms with van der Waals surface area (Å²) in [6.07, 6.45) is 0. The summed E-state index contributed by atoms with van der Waals surface area (Å²) in [5, 5.41) is 8.24. The van der Waals surface area contributed by atoms with E-state index in [2.05, 4.69) is 20.1 Å². The molecule has 0 aliphatic carbocycles. The van der Waals surface area contributed by atoms with Crippen molar-refractivity contribution in [3.63, 3.8) is 0 Å². The summed E-state index contributed by atoms with van der Waals surface area (Å²) in [5.41, 5.74) is 3.64. The van der Waals surface area contributed by atoms with Crippen LogP contribution in [0.25, 0.3) is 5.65 Å². The van der Waals surface area contributed by atoms with E-state index in [1.54, 1.807) is 53.0 Å². The van der Waals surface area contributed by atoms with Crippen LogP contribution in [-0.4, -0.2) is 23.0 Å². The molecule has 0 radical (unpaired) electrons. The Morgan fingerprint density at radius 3 is 2.24 bits per heavy atom. The number of sulfonamides is 1. The quantitative estimate of drug-likeness (QED) is 0.488. The average Bonchev–Trinajstić information content (AvgIpc) is 3.04. The van der Waals surface area contributed by atoms with Crippen LogP contribution in [0.5, 0.6) is 0 Å². The first-order valence-electron chi connectivity index (χ1n) is 8.80. The molecule has 29 heavy (non-hydrogen) atoms. The molecule has 0 saturated carbocycles. The summed E-state index contributed by atoms with van der Waals surface area (Å²) in [6, 6.07) is 16.7. The Morgan fingerprint density at radius 2 is 1.55 bits per heavy atom. The maximum atomic E-state index is 12.6. The highest BCUT2D eigenvalue weighted by atomic mass is 35.5. The molecule has 2 aromatic heterocycles. The summed E-state index contributed by atoms with van der Waals surface area (Å²) in [4.78, 5) is 4.61. The lowest BCUT2D eigenvalue weighted by Crippen LogP contribution is -2.12. The molecule has 148 valence electrons. The maximum Gasteiger partial charge on any atom is 0.261 e. The monoisotopic (exact) mass is 427 g/mol. The Balaban J connectivity index is 1.57. The van der Waals surface area contributed by atoms with Gasteiger partial charge in [-0.15, -0.1) is 0 Å². The van der Waals surface area contributed by atoms with E-state index in [0.29, 0.717) is 10.7 Å². The van der Waals surface area contributed by atoms with Gasteiger partial charge >= 0.3 is 0 Å². The van der Waals surface area contributed by atoms with E-state index in [4.69, 9.17) is 11.6 Å². The van der Waals surface area contributed by atoms with E-state index in [0.717, 1.165) is 28.5 Å². The van der Waals surface area contributed by atoms with Crippen LogP contribution in [0.4, 0.5) is 17.2 Å². The smallest absolute Gasteiger partial charge is 0.261 e. The first-order valence-corrected chi connectivity index (χ1v) is 10.7. The second-order valence-electron chi connectivity index (χ2n) is 6.60. The predicted molar refractivity (Wildman–Crippen MR) is 114 cm³/mol. The molecule has 7 nitrogen and oxygen atoms in total. The molecular weight excluding hydrogens is 410 g/mol. The summed E-state index contributed by atoms with van der Waals surface area (Å²) in [6.45, 7) is 3.81. The van der Waals surface area contributed by atoms with Crippen molar-refractivity contribution < 1.29 is 8.42 Å². The standard InChI is InChI=1S/C20H18ClN5O2S/c1-13-11-20(26-19(22-13)12-14(2)24-26)23-16-7-9-18(10-8-16)29(27,28)25-17-5-3-15(21)4-6-17/h3-12,23,25H,1-2H3. The van der Waals surface area contributed by atoms with Crippen LogP contribution >= 0.6 is 11.6 Å². The van der Waals surface area contributed by atoms with Gasteiger partial charge < -0.3 is 5.32 Å². The number of aromatic nitrogens is 3. The highest BCUT2D eigenvalue weighted by Gasteiger charge is 2.14. The average molecular weight is 428 g/mol. The Morgan fingerprint density at radius 1 is 0.897 bits per heavy atom. The van der Waals surface area contributed by atoms with Crippen LogP contribution in [0.1, 0.15) is 11.4 Å². The zero-order valence-electron chi connectivity index (χ0n) is 15.7. The van der Waals surface area contributed by atoms with Crippen LogP contribution in [0, 0.1) is 13.8 Å². The molecule has 0 amide bonds. The molecule has 4 aromatic rings. The van der Waals surface area contributed by atoms with Crippen molar-refractivity contribution >= 4 is 44.5 Å². The largest absolute Gasteiger partial charge is 0.340 e. The third kappa shape index (κ3) is 4.18. The fourth-order valence-electron chi connectivity index (χ4n) is 2.90. The lowest BCUT2D eigenvalue weighted by atomic mass is 10.3. The van der Waals surface area contributed by atoms with Crippen molar-refractivity contribution in [3.8, 4) is 0 Å². The Labute approximate surface area is 173 Å². The van der Waals surface area contributed by atoms with E-state index >= 15 is 0 Å². The van der Waals surface area contributed by atoms with E-state index in [-0.39, 0.29) is 4.90 Å². The molecule has 0 atom stereocenters. The molecule has 0 fully saturated rings. The third-order valence-corrected chi connectivity index (χ3v) is 5.86. The predicted octanol–water partition coefficient (Wildman–Crippen LogP) is 4.54. The van der Waals surface area contributed by atoms with Gasteiger partial charge in [-0.25, -0.2) is 13.4 Å². The van der Waals surface area contributed by atoms with E-state index < -0.39 is 10.0 Å². The first-order chi connectivity index (χ1) is 13.8. The van der Waals surface area contributed by atoms with Crippen LogP contribution in [0.2, 0.25) is 5.02 Å². The van der Waals surface area contributed by atoms with E-state index in [1.807, 2.05) is 26.0 Å². The van der Waals surface area contributed by atoms with Gasteiger partial charge in [-0.1, -0.05) is 11.6 Å². The summed E-state index contributed by atoms with van der Waals surface area (Å²) in [7, 11) is -3.70. The number of fused-ring (bicyclic) bond motifs is 1. The molecule has 0 spiro atoms.